The second-order valence-electron chi connectivity index (χ2n) is 27.7. The van der Waals surface area contributed by atoms with Gasteiger partial charge in [-0.1, -0.05) is 253 Å². The maximum Gasteiger partial charge on any atom is 0.125 e. The molecule has 1 N–H and O–H groups in total. The number of benzene rings is 11. The lowest BCUT2D eigenvalue weighted by molar-refractivity contribution is 0.0158. The van der Waals surface area contributed by atoms with Gasteiger partial charge in [0.25, 0.3) is 0 Å². The molecule has 0 amide bonds. The van der Waals surface area contributed by atoms with Crippen molar-refractivity contribution in [1.82, 2.24) is 0 Å². The van der Waals surface area contributed by atoms with Crippen LogP contribution in [0.1, 0.15) is 83.5 Å². The fourth-order valence-electron chi connectivity index (χ4n) is 14.1. The Balaban J connectivity index is 0.464. The molecule has 111 heavy (non-hydrogen) atoms. The molecule has 12 aromatic carbocycles. The molecule has 0 aliphatic carbocycles. The number of rotatable bonds is 41. The Morgan fingerprint density at radius 1 is 0.297 bits per heavy atom. The molecule has 0 saturated heterocycles. The zero-order chi connectivity index (χ0) is 76.6. The van der Waals surface area contributed by atoms with Crippen LogP contribution in [0.3, 0.4) is 0 Å². The Bertz CT molecular complexity index is 4590. The molecule has 0 radical (unpaired) electrons. The van der Waals surface area contributed by atoms with Gasteiger partial charge in [0.05, 0.1) is 109 Å². The van der Waals surface area contributed by atoms with E-state index >= 15 is 0 Å². The fourth-order valence-corrected chi connectivity index (χ4v) is 14.1. The van der Waals surface area contributed by atoms with Crippen molar-refractivity contribution in [2.75, 3.05) is 111 Å². The first-order valence-corrected chi connectivity index (χ1v) is 38.6. The summed E-state index contributed by atoms with van der Waals surface area (Å²) in [4.78, 5) is 0. The van der Waals surface area contributed by atoms with Gasteiger partial charge in [0, 0.05) is 35.5 Å². The zero-order valence-corrected chi connectivity index (χ0v) is 64.7. The molecule has 0 aromatic heterocycles. The number of hydrogen-bond donors (Lipinski definition) is 1. The lowest BCUT2D eigenvalue weighted by Crippen LogP contribution is -2.31. The number of anilines is 1. The summed E-state index contributed by atoms with van der Waals surface area (Å²) in [5.74, 6) is 8.71. The third-order valence-electron chi connectivity index (χ3n) is 19.9. The molecular formula is C100H102NO10+. The molecule has 0 heterocycles. The van der Waals surface area contributed by atoms with E-state index in [1.165, 1.54) is 61.2 Å². The Morgan fingerprint density at radius 2 is 0.649 bits per heavy atom. The van der Waals surface area contributed by atoms with Crippen molar-refractivity contribution in [3.8, 4) is 51.3 Å². The van der Waals surface area contributed by atoms with E-state index in [1.54, 1.807) is 0 Å². The van der Waals surface area contributed by atoms with E-state index in [4.69, 9.17) is 47.4 Å². The summed E-state index contributed by atoms with van der Waals surface area (Å²) in [5, 5.41) is 3.39. The predicted octanol–water partition coefficient (Wildman–Crippen LogP) is 20.4. The largest absolute Gasteiger partial charge is 0.491 e. The first-order chi connectivity index (χ1) is 54.6. The number of aryl methyl sites for hydroxylation is 5. The molecule has 0 saturated carbocycles. The van der Waals surface area contributed by atoms with E-state index in [0.717, 1.165) is 67.4 Å². The van der Waals surface area contributed by atoms with Gasteiger partial charge in [0.2, 0.25) is 0 Å². The first kappa shape index (κ1) is 79.5. The minimum Gasteiger partial charge on any atom is -0.491 e. The van der Waals surface area contributed by atoms with E-state index in [-0.39, 0.29) is 0 Å². The quantitative estimate of drug-likeness (QED) is 0.0171. The van der Waals surface area contributed by atoms with Gasteiger partial charge in [0.15, 0.2) is 0 Å². The van der Waals surface area contributed by atoms with Crippen LogP contribution in [0.2, 0.25) is 0 Å². The van der Waals surface area contributed by atoms with Crippen LogP contribution in [-0.4, -0.2) is 106 Å². The molecular weight excluding hydrogens is 1380 g/mol. The molecule has 0 unspecified atom stereocenters. The van der Waals surface area contributed by atoms with Gasteiger partial charge in [-0.2, -0.15) is 0 Å². The van der Waals surface area contributed by atoms with Gasteiger partial charge >= 0.3 is 0 Å². The maximum atomic E-state index is 6.37. The van der Waals surface area contributed by atoms with Crippen LogP contribution in [0.4, 0.5) is 5.69 Å². The monoisotopic (exact) mass is 1480 g/mol. The summed E-state index contributed by atoms with van der Waals surface area (Å²) in [5.41, 5.74) is 22.1. The highest BCUT2D eigenvalue weighted by Gasteiger charge is 2.40. The van der Waals surface area contributed by atoms with E-state index in [0.29, 0.717) is 119 Å². The molecule has 11 nitrogen and oxygen atoms in total. The van der Waals surface area contributed by atoms with Gasteiger partial charge in [0.1, 0.15) is 49.2 Å². The molecule has 0 fully saturated rings. The van der Waals surface area contributed by atoms with Crippen molar-refractivity contribution in [1.29, 1.82) is 0 Å². The van der Waals surface area contributed by atoms with E-state index < -0.39 is 10.8 Å². The van der Waals surface area contributed by atoms with Gasteiger partial charge in [-0.25, -0.2) is 0 Å². The molecule has 0 atom stereocenters. The van der Waals surface area contributed by atoms with Crippen LogP contribution in [0.25, 0.3) is 22.3 Å². The summed E-state index contributed by atoms with van der Waals surface area (Å²) in [7, 11) is 0. The Morgan fingerprint density at radius 3 is 1.10 bits per heavy atom. The van der Waals surface area contributed by atoms with E-state index in [9.17, 15) is 0 Å². The lowest BCUT2D eigenvalue weighted by atomic mass is 9.64. The van der Waals surface area contributed by atoms with Crippen molar-refractivity contribution >= 4 is 5.69 Å². The predicted molar refractivity (Wildman–Crippen MR) is 448 cm³/mol. The average Bonchev–Trinajstić information content (AvgIpc) is 0.782. The Hall–Kier alpha value is -11.0. The van der Waals surface area contributed by atoms with Crippen LogP contribution < -0.4 is 19.5 Å². The Labute approximate surface area is 657 Å². The highest BCUT2D eigenvalue weighted by Crippen LogP contribution is 2.48. The summed E-state index contributed by atoms with van der Waals surface area (Å²) >= 11 is 0. The minimum absolute atomic E-state index is 0.336. The summed E-state index contributed by atoms with van der Waals surface area (Å²) in [6, 6.07) is 108. The molecule has 0 aliphatic rings. The summed E-state index contributed by atoms with van der Waals surface area (Å²) in [6.45, 7) is 19.0. The number of nitrogens with one attached hydrogen (secondary N) is 1. The van der Waals surface area contributed by atoms with Gasteiger partial charge in [-0.15, -0.1) is 0 Å². The third kappa shape index (κ3) is 21.9. The fraction of sp³-hybridized carbons (Fsp3) is 0.250. The zero-order valence-electron chi connectivity index (χ0n) is 64.7. The minimum atomic E-state index is -0.520. The van der Waals surface area contributed by atoms with Crippen molar-refractivity contribution in [3.05, 3.63) is 387 Å². The number of ether oxygens (including phenoxy) is 10. The standard InChI is InChI=1S/C100H102NO10/c1-76-26-42-90(43-27-76)99(91-44-28-77(2)29-45-91,92-46-30-78(3)31-47-92)93-48-54-97(55-49-93)110-70-67-105-61-60-104-66-69-109-96-52-40-86(41-53-96)84-19-17-18-83(36-37-84)85-38-50-95(51-39-85)101-56-15-16-57-102-58-59-103-62-64-107-74-81-32-34-82(35-33-81)75-108-65-63-106-68-71-111-98-79(4)72-94(73-80(98)5)100(87-20-9-6-10-21-87,88-22-11-7-12-23-88)89-24-13-8-14-25-89/h6-14,17-55,72-73,101H,56-71,74-75H2,1-5H3/q+1. The van der Waals surface area contributed by atoms with Crippen LogP contribution in [0.5, 0.6) is 17.2 Å². The molecule has 12 aromatic rings. The molecule has 0 spiro atoms. The van der Waals surface area contributed by atoms with Crippen molar-refractivity contribution in [3.63, 3.8) is 0 Å². The molecule has 0 aliphatic heterocycles. The van der Waals surface area contributed by atoms with Gasteiger partial charge in [-0.3, -0.25) is 0 Å². The molecule has 11 heteroatoms. The van der Waals surface area contributed by atoms with Crippen LogP contribution in [0, 0.1) is 46.5 Å². The van der Waals surface area contributed by atoms with Gasteiger partial charge < -0.3 is 52.7 Å². The van der Waals surface area contributed by atoms with Crippen molar-refractivity contribution in [2.24, 2.45) is 0 Å². The molecule has 566 valence electrons. The highest BCUT2D eigenvalue weighted by atomic mass is 16.6. The second-order valence-corrected chi connectivity index (χ2v) is 27.7. The van der Waals surface area contributed by atoms with Crippen molar-refractivity contribution in [2.45, 2.75) is 58.7 Å². The highest BCUT2D eigenvalue weighted by molar-refractivity contribution is 5.70. The third-order valence-corrected chi connectivity index (χ3v) is 19.9. The van der Waals surface area contributed by atoms with Crippen LogP contribution in [0.15, 0.2) is 303 Å². The summed E-state index contributed by atoms with van der Waals surface area (Å²) in [6.07, 6.45) is 0. The van der Waals surface area contributed by atoms with Crippen LogP contribution >= 0.6 is 0 Å². The normalized spacial score (nSPS) is 11.4. The van der Waals surface area contributed by atoms with Crippen molar-refractivity contribution < 1.29 is 47.4 Å². The SMILES string of the molecule is Cc1ccc(C(c2ccc(C)cc2)(c2ccc(C)cc2)c2ccc(OCCOCCOCCOc3ccc(-c4ccc(-c5ccc(NCC#CCOCCOCCOCc6ccc(COCCOCCOc7c(C)cc(C(c8ccccc8)(c8ccccc8)c8ccccc8)cc7C)cc6)cc5)cc[cH+]4)cc3)cc2)cc1. The van der Waals surface area contributed by atoms with E-state index in [2.05, 4.69) is 343 Å². The Kier molecular flexibility index (Phi) is 29.9. The molecule has 0 bridgehead atoms. The first-order valence-electron chi connectivity index (χ1n) is 38.6. The smallest absolute Gasteiger partial charge is 0.125 e. The topological polar surface area (TPSA) is 104 Å². The second kappa shape index (κ2) is 41.7. The van der Waals surface area contributed by atoms with E-state index in [1.807, 2.05) is 12.1 Å². The molecule has 12 rings (SSSR count). The van der Waals surface area contributed by atoms with Gasteiger partial charge in [-0.05, 0) is 162 Å². The lowest BCUT2D eigenvalue weighted by Gasteiger charge is -2.37. The summed E-state index contributed by atoms with van der Waals surface area (Å²) < 4.78 is 59.4. The number of hydrogen-bond acceptors (Lipinski definition) is 11. The average molecular weight is 1480 g/mol. The van der Waals surface area contributed by atoms with Crippen LogP contribution in [-0.2, 0) is 57.2 Å². The maximum absolute atomic E-state index is 6.37.